The third-order valence-electron chi connectivity index (χ3n) is 5.84. The first-order valence-electron chi connectivity index (χ1n) is 11.0. The van der Waals surface area contributed by atoms with Crippen molar-refractivity contribution >= 4 is 27.9 Å². The quantitative estimate of drug-likeness (QED) is 0.469. The average molecular weight is 446 g/mol. The van der Waals surface area contributed by atoms with Crippen LogP contribution in [-0.4, -0.2) is 51.3 Å². The lowest BCUT2D eigenvalue weighted by atomic mass is 10.1. The molecule has 1 saturated heterocycles. The van der Waals surface area contributed by atoms with Gasteiger partial charge in [-0.3, -0.25) is 19.0 Å². The molecule has 2 aromatic heterocycles. The number of amides is 1. The lowest BCUT2D eigenvalue weighted by Gasteiger charge is -2.34. The number of nitrogens with one attached hydrogen (secondary N) is 1. The Kier molecular flexibility index (Phi) is 6.29. The fourth-order valence-electron chi connectivity index (χ4n) is 4.13. The summed E-state index contributed by atoms with van der Waals surface area (Å²) in [5.74, 6) is -0.0435. The zero-order valence-electron chi connectivity index (χ0n) is 18.0. The van der Waals surface area contributed by atoms with Crippen molar-refractivity contribution in [3.05, 3.63) is 89.2 Å². The standard InChI is InChI=1S/C25H27N5OS/c31-24(16-23-19-30-14-15-32-25(30)27-23)26-22-8-6-21(7-9-22)18-29-12-10-28(11-13-29)17-20-4-2-1-3-5-20/h1-9,14-15,19H,10-13,16-18H2,(H,26,31). The Bertz CT molecular complexity index is 1130. The van der Waals surface area contributed by atoms with E-state index in [0.717, 1.165) is 55.6 Å². The van der Waals surface area contributed by atoms with Crippen LogP contribution in [0.15, 0.2) is 72.4 Å². The molecule has 164 valence electrons. The number of aromatic nitrogens is 2. The average Bonchev–Trinajstić information content (AvgIpc) is 3.39. The molecule has 3 heterocycles. The number of rotatable bonds is 7. The molecule has 4 aromatic rings. The van der Waals surface area contributed by atoms with Crippen LogP contribution >= 0.6 is 11.3 Å². The van der Waals surface area contributed by atoms with E-state index in [2.05, 4.69) is 62.6 Å². The number of anilines is 1. The van der Waals surface area contributed by atoms with E-state index >= 15 is 0 Å². The molecule has 0 bridgehead atoms. The Morgan fingerprint density at radius 2 is 1.56 bits per heavy atom. The molecule has 1 fully saturated rings. The van der Waals surface area contributed by atoms with Crippen LogP contribution in [0.25, 0.3) is 4.96 Å². The van der Waals surface area contributed by atoms with Gasteiger partial charge in [-0.05, 0) is 23.3 Å². The smallest absolute Gasteiger partial charge is 0.230 e. The first-order valence-corrected chi connectivity index (χ1v) is 11.9. The fraction of sp³-hybridized carbons (Fsp3) is 0.280. The van der Waals surface area contributed by atoms with E-state index in [1.165, 1.54) is 11.1 Å². The van der Waals surface area contributed by atoms with Crippen molar-refractivity contribution in [3.63, 3.8) is 0 Å². The molecule has 0 aliphatic carbocycles. The summed E-state index contributed by atoms with van der Waals surface area (Å²) < 4.78 is 1.95. The molecule has 32 heavy (non-hydrogen) atoms. The van der Waals surface area contributed by atoms with Gasteiger partial charge in [0.1, 0.15) is 0 Å². The van der Waals surface area contributed by atoms with Gasteiger partial charge in [-0.25, -0.2) is 4.98 Å². The maximum Gasteiger partial charge on any atom is 0.230 e. The van der Waals surface area contributed by atoms with E-state index in [1.54, 1.807) is 11.3 Å². The number of hydrogen-bond donors (Lipinski definition) is 1. The number of nitrogens with zero attached hydrogens (tertiary/aromatic N) is 4. The summed E-state index contributed by atoms with van der Waals surface area (Å²) in [5, 5.41) is 4.97. The van der Waals surface area contributed by atoms with E-state index in [1.807, 2.05) is 34.3 Å². The summed E-state index contributed by atoms with van der Waals surface area (Å²) >= 11 is 1.57. The monoisotopic (exact) mass is 445 g/mol. The Hall–Kier alpha value is -3.00. The first-order chi connectivity index (χ1) is 15.7. The molecule has 7 heteroatoms. The van der Waals surface area contributed by atoms with Gasteiger partial charge in [0.2, 0.25) is 5.91 Å². The number of piperazine rings is 1. The van der Waals surface area contributed by atoms with Crippen LogP contribution in [0.4, 0.5) is 5.69 Å². The Morgan fingerprint density at radius 3 is 2.22 bits per heavy atom. The number of fused-ring (bicyclic) bond motifs is 1. The second kappa shape index (κ2) is 9.65. The zero-order valence-corrected chi connectivity index (χ0v) is 18.8. The van der Waals surface area contributed by atoms with Gasteiger partial charge in [-0.1, -0.05) is 42.5 Å². The highest BCUT2D eigenvalue weighted by Gasteiger charge is 2.17. The van der Waals surface area contributed by atoms with Gasteiger partial charge in [-0.2, -0.15) is 0 Å². The van der Waals surface area contributed by atoms with Gasteiger partial charge in [0.05, 0.1) is 12.1 Å². The van der Waals surface area contributed by atoms with Crippen molar-refractivity contribution in [2.75, 3.05) is 31.5 Å². The summed E-state index contributed by atoms with van der Waals surface area (Å²) in [5.41, 5.74) is 4.27. The van der Waals surface area contributed by atoms with Crippen LogP contribution in [0.1, 0.15) is 16.8 Å². The van der Waals surface area contributed by atoms with E-state index in [4.69, 9.17) is 0 Å². The molecule has 6 nitrogen and oxygen atoms in total. The van der Waals surface area contributed by atoms with Gasteiger partial charge in [0, 0.05) is 62.7 Å². The maximum atomic E-state index is 12.4. The lowest BCUT2D eigenvalue weighted by molar-refractivity contribution is -0.115. The number of benzene rings is 2. The molecule has 1 aliphatic rings. The Morgan fingerprint density at radius 1 is 0.906 bits per heavy atom. The number of hydrogen-bond acceptors (Lipinski definition) is 5. The summed E-state index contributed by atoms with van der Waals surface area (Å²) in [6.45, 7) is 6.31. The SMILES string of the molecule is O=C(Cc1cn2ccsc2n1)Nc1ccc(CN2CCN(Cc3ccccc3)CC2)cc1. The summed E-state index contributed by atoms with van der Waals surface area (Å²) in [6.07, 6.45) is 4.15. The summed E-state index contributed by atoms with van der Waals surface area (Å²) in [6, 6.07) is 18.9. The minimum Gasteiger partial charge on any atom is -0.326 e. The minimum atomic E-state index is -0.0435. The number of carbonyl (C=O) groups excluding carboxylic acids is 1. The van der Waals surface area contributed by atoms with Crippen molar-refractivity contribution in [1.29, 1.82) is 0 Å². The Labute approximate surface area is 192 Å². The molecule has 2 aromatic carbocycles. The lowest BCUT2D eigenvalue weighted by Crippen LogP contribution is -2.45. The fourth-order valence-corrected chi connectivity index (χ4v) is 4.85. The largest absolute Gasteiger partial charge is 0.326 e. The minimum absolute atomic E-state index is 0.0435. The first kappa shape index (κ1) is 20.9. The van der Waals surface area contributed by atoms with Gasteiger partial charge in [0.25, 0.3) is 0 Å². The van der Waals surface area contributed by atoms with Gasteiger partial charge < -0.3 is 5.32 Å². The Balaban J connectivity index is 1.08. The molecule has 0 saturated carbocycles. The van der Waals surface area contributed by atoms with Crippen molar-refractivity contribution in [1.82, 2.24) is 19.2 Å². The molecule has 0 unspecified atom stereocenters. The molecular formula is C25H27N5OS. The van der Waals surface area contributed by atoms with Crippen molar-refractivity contribution in [2.45, 2.75) is 19.5 Å². The highest BCUT2D eigenvalue weighted by molar-refractivity contribution is 7.15. The highest BCUT2D eigenvalue weighted by Crippen LogP contribution is 2.16. The molecule has 0 radical (unpaired) electrons. The summed E-state index contributed by atoms with van der Waals surface area (Å²) in [4.78, 5) is 22.8. The van der Waals surface area contributed by atoms with Crippen molar-refractivity contribution < 1.29 is 4.79 Å². The number of thiazole rings is 1. The third-order valence-corrected chi connectivity index (χ3v) is 6.61. The van der Waals surface area contributed by atoms with Crippen LogP contribution in [0.5, 0.6) is 0 Å². The highest BCUT2D eigenvalue weighted by atomic mass is 32.1. The molecule has 1 N–H and O–H groups in total. The van der Waals surface area contributed by atoms with Gasteiger partial charge in [0.15, 0.2) is 4.96 Å². The predicted molar refractivity (Wildman–Crippen MR) is 129 cm³/mol. The second-order valence-corrected chi connectivity index (χ2v) is 9.16. The van der Waals surface area contributed by atoms with Gasteiger partial charge >= 0.3 is 0 Å². The van der Waals surface area contributed by atoms with Crippen LogP contribution in [-0.2, 0) is 24.3 Å². The van der Waals surface area contributed by atoms with E-state index in [9.17, 15) is 4.79 Å². The number of carbonyl (C=O) groups is 1. The van der Waals surface area contributed by atoms with Crippen LogP contribution in [0, 0.1) is 0 Å². The van der Waals surface area contributed by atoms with Crippen LogP contribution in [0.2, 0.25) is 0 Å². The molecule has 1 amide bonds. The molecule has 0 spiro atoms. The van der Waals surface area contributed by atoms with E-state index in [0.29, 0.717) is 0 Å². The molecule has 1 aliphatic heterocycles. The molecule has 0 atom stereocenters. The van der Waals surface area contributed by atoms with Gasteiger partial charge in [-0.15, -0.1) is 11.3 Å². The van der Waals surface area contributed by atoms with Crippen LogP contribution in [0.3, 0.4) is 0 Å². The maximum absolute atomic E-state index is 12.4. The predicted octanol–water partition coefficient (Wildman–Crippen LogP) is 3.89. The topological polar surface area (TPSA) is 52.9 Å². The van der Waals surface area contributed by atoms with Crippen molar-refractivity contribution in [3.8, 4) is 0 Å². The number of imidazole rings is 1. The zero-order chi connectivity index (χ0) is 21.8. The van der Waals surface area contributed by atoms with E-state index < -0.39 is 0 Å². The normalized spacial score (nSPS) is 15.2. The van der Waals surface area contributed by atoms with Crippen LogP contribution < -0.4 is 5.32 Å². The molecular weight excluding hydrogens is 418 g/mol. The third kappa shape index (κ3) is 5.24. The molecule has 5 rings (SSSR count). The van der Waals surface area contributed by atoms with E-state index in [-0.39, 0.29) is 12.3 Å². The second-order valence-electron chi connectivity index (χ2n) is 8.28. The summed E-state index contributed by atoms with van der Waals surface area (Å²) in [7, 11) is 0. The van der Waals surface area contributed by atoms with Crippen molar-refractivity contribution in [2.24, 2.45) is 0 Å².